The first kappa shape index (κ1) is 22.4. The van der Waals surface area contributed by atoms with Crippen molar-refractivity contribution >= 4 is 46.3 Å². The molecule has 0 bridgehead atoms. The van der Waals surface area contributed by atoms with E-state index in [1.54, 1.807) is 12.1 Å². The van der Waals surface area contributed by atoms with Gasteiger partial charge >= 0.3 is 5.97 Å². The molecule has 0 amide bonds. The van der Waals surface area contributed by atoms with Crippen molar-refractivity contribution in [3.63, 3.8) is 0 Å². The van der Waals surface area contributed by atoms with Crippen LogP contribution in [0.1, 0.15) is 10.4 Å². The zero-order chi connectivity index (χ0) is 21.2. The predicted octanol–water partition coefficient (Wildman–Crippen LogP) is 1.57. The largest absolute Gasteiger partial charge is 0.455 e. The fourth-order valence-corrected chi connectivity index (χ4v) is 3.43. The van der Waals surface area contributed by atoms with Crippen LogP contribution >= 0.6 is 35.2 Å². The average Bonchev–Trinajstić information content (AvgIpc) is 3.16. The van der Waals surface area contributed by atoms with Crippen LogP contribution in [-0.2, 0) is 14.4 Å². The standard InChI is InChI=1S/C12H12N6O8S3/c13-28-12-15-14-11(27-12)16-29-9-3-1-2-7(4-9)10(19)26-8(5-24-17(20)21)6-25-18(22)23/h1-4,8H,5-6,13H2,(H,14,16). The molecule has 0 spiro atoms. The Labute approximate surface area is 174 Å². The second-order valence-corrected chi connectivity index (χ2v) is 7.53. The minimum atomic E-state index is -1.36. The van der Waals surface area contributed by atoms with Crippen LogP contribution in [-0.4, -0.2) is 45.7 Å². The van der Waals surface area contributed by atoms with E-state index in [1.807, 2.05) is 0 Å². The number of hydrogen-bond acceptors (Lipinski definition) is 15. The molecule has 1 aromatic carbocycles. The minimum Gasteiger partial charge on any atom is -0.455 e. The van der Waals surface area contributed by atoms with Gasteiger partial charge in [0.05, 0.1) is 5.56 Å². The van der Waals surface area contributed by atoms with Crippen LogP contribution in [0.4, 0.5) is 5.13 Å². The van der Waals surface area contributed by atoms with Gasteiger partial charge in [0.25, 0.3) is 10.2 Å². The van der Waals surface area contributed by atoms with Gasteiger partial charge in [-0.25, -0.2) is 4.79 Å². The summed E-state index contributed by atoms with van der Waals surface area (Å²) in [4.78, 5) is 41.7. The Balaban J connectivity index is 1.97. The lowest BCUT2D eigenvalue weighted by Crippen LogP contribution is -2.30. The number of benzene rings is 1. The van der Waals surface area contributed by atoms with Crippen LogP contribution in [0.5, 0.6) is 0 Å². The monoisotopic (exact) mass is 464 g/mol. The Morgan fingerprint density at radius 3 is 2.52 bits per heavy atom. The molecule has 29 heavy (non-hydrogen) atoms. The number of nitrogens with one attached hydrogen (secondary N) is 1. The lowest BCUT2D eigenvalue weighted by atomic mass is 10.2. The zero-order valence-corrected chi connectivity index (χ0v) is 16.6. The Morgan fingerprint density at radius 1 is 1.24 bits per heavy atom. The van der Waals surface area contributed by atoms with Gasteiger partial charge in [0.1, 0.15) is 19.3 Å². The van der Waals surface area contributed by atoms with E-state index in [0.717, 1.165) is 23.9 Å². The van der Waals surface area contributed by atoms with Crippen molar-refractivity contribution in [2.24, 2.45) is 5.14 Å². The maximum Gasteiger partial charge on any atom is 0.338 e. The van der Waals surface area contributed by atoms with E-state index in [-0.39, 0.29) is 5.56 Å². The average molecular weight is 464 g/mol. The smallest absolute Gasteiger partial charge is 0.338 e. The van der Waals surface area contributed by atoms with Crippen LogP contribution in [0, 0.1) is 20.2 Å². The summed E-state index contributed by atoms with van der Waals surface area (Å²) in [5.41, 5.74) is 0.111. The summed E-state index contributed by atoms with van der Waals surface area (Å²) >= 11 is 3.35. The van der Waals surface area contributed by atoms with Gasteiger partial charge in [-0.2, -0.15) is 0 Å². The fourth-order valence-electron chi connectivity index (χ4n) is 1.71. The molecule has 2 rings (SSSR count). The Kier molecular flexibility index (Phi) is 8.65. The Hall–Kier alpha value is -2.89. The van der Waals surface area contributed by atoms with E-state index < -0.39 is 35.5 Å². The van der Waals surface area contributed by atoms with Gasteiger partial charge in [-0.15, -0.1) is 30.4 Å². The second kappa shape index (κ2) is 11.2. The molecule has 0 saturated heterocycles. The highest BCUT2D eigenvalue weighted by atomic mass is 32.2. The number of esters is 1. The van der Waals surface area contributed by atoms with Crippen molar-refractivity contribution in [3.05, 3.63) is 50.1 Å². The quantitative estimate of drug-likeness (QED) is 0.199. The molecule has 0 aliphatic heterocycles. The number of hydrogen-bond donors (Lipinski definition) is 2. The van der Waals surface area contributed by atoms with Gasteiger partial charge in [0.2, 0.25) is 5.13 Å². The highest BCUT2D eigenvalue weighted by Gasteiger charge is 2.20. The number of nitrogens with zero attached hydrogens (tertiary/aromatic N) is 4. The summed E-state index contributed by atoms with van der Waals surface area (Å²) in [6.45, 7) is -1.44. The molecular weight excluding hydrogens is 452 g/mol. The van der Waals surface area contributed by atoms with Crippen LogP contribution < -0.4 is 9.86 Å². The molecule has 0 radical (unpaired) electrons. The molecule has 0 fully saturated rings. The summed E-state index contributed by atoms with van der Waals surface area (Å²) in [5.74, 6) is -0.867. The molecule has 0 unspecified atom stereocenters. The van der Waals surface area contributed by atoms with Gasteiger partial charge in [-0.1, -0.05) is 17.4 Å². The maximum absolute atomic E-state index is 12.3. The number of rotatable bonds is 12. The molecule has 0 aliphatic rings. The molecule has 2 aromatic rings. The van der Waals surface area contributed by atoms with E-state index in [1.165, 1.54) is 23.5 Å². The molecule has 0 saturated carbocycles. The molecule has 1 aromatic heterocycles. The van der Waals surface area contributed by atoms with Crippen molar-refractivity contribution in [1.29, 1.82) is 0 Å². The SMILES string of the molecule is NSc1nnc(NSc2cccc(C(=O)OC(CO[N+](=O)[O-])CO[N+](=O)[O-])c2)s1. The third kappa shape index (κ3) is 7.94. The third-order valence-electron chi connectivity index (χ3n) is 2.84. The maximum atomic E-state index is 12.3. The number of anilines is 1. The molecule has 1 heterocycles. The van der Waals surface area contributed by atoms with Gasteiger partial charge < -0.3 is 19.1 Å². The Morgan fingerprint density at radius 2 is 1.93 bits per heavy atom. The first-order valence-corrected chi connectivity index (χ1v) is 9.87. The molecule has 0 aliphatic carbocycles. The van der Waals surface area contributed by atoms with Gasteiger partial charge in [-0.05, 0) is 42.1 Å². The van der Waals surface area contributed by atoms with Crippen LogP contribution in [0.15, 0.2) is 33.5 Å². The van der Waals surface area contributed by atoms with Gasteiger partial charge in [-0.3, -0.25) is 5.14 Å². The third-order valence-corrected chi connectivity index (χ3v) is 5.21. The summed E-state index contributed by atoms with van der Waals surface area (Å²) in [6, 6.07) is 6.22. The zero-order valence-electron chi connectivity index (χ0n) is 14.2. The summed E-state index contributed by atoms with van der Waals surface area (Å²) in [6.07, 6.45) is -1.36. The summed E-state index contributed by atoms with van der Waals surface area (Å²) in [5, 5.41) is 31.9. The van der Waals surface area contributed by atoms with Crippen LogP contribution in [0.25, 0.3) is 0 Å². The number of ether oxygens (including phenoxy) is 1. The van der Waals surface area contributed by atoms with Crippen LogP contribution in [0.3, 0.4) is 0 Å². The lowest BCUT2D eigenvalue weighted by molar-refractivity contribution is -0.768. The topological polar surface area (TPSA) is 195 Å². The van der Waals surface area contributed by atoms with Crippen LogP contribution in [0.2, 0.25) is 0 Å². The molecule has 14 nitrogen and oxygen atoms in total. The molecule has 0 atom stereocenters. The van der Waals surface area contributed by atoms with E-state index >= 15 is 0 Å². The Bertz CT molecular complexity index is 850. The first-order valence-electron chi connectivity index (χ1n) is 7.36. The van der Waals surface area contributed by atoms with Crippen molar-refractivity contribution in [1.82, 2.24) is 10.2 Å². The molecule has 17 heteroatoms. The van der Waals surface area contributed by atoms with Crippen molar-refractivity contribution < 1.29 is 29.4 Å². The molecular formula is C12H12N6O8S3. The van der Waals surface area contributed by atoms with E-state index in [4.69, 9.17) is 9.88 Å². The van der Waals surface area contributed by atoms with Crippen molar-refractivity contribution in [2.45, 2.75) is 15.3 Å². The number of carbonyl (C=O) groups excluding carboxylic acids is 1. The molecule has 156 valence electrons. The summed E-state index contributed by atoms with van der Waals surface area (Å²) in [7, 11) is 0. The van der Waals surface area contributed by atoms with Gasteiger partial charge in [0.15, 0.2) is 4.34 Å². The van der Waals surface area contributed by atoms with Crippen molar-refractivity contribution in [3.8, 4) is 0 Å². The highest BCUT2D eigenvalue weighted by Crippen LogP contribution is 2.27. The van der Waals surface area contributed by atoms with Crippen molar-refractivity contribution in [2.75, 3.05) is 17.9 Å². The fraction of sp³-hybridized carbons (Fsp3) is 0.250. The second-order valence-electron chi connectivity index (χ2n) is 4.79. The van der Waals surface area contributed by atoms with E-state index in [2.05, 4.69) is 24.6 Å². The molecule has 3 N–H and O–H groups in total. The predicted molar refractivity (Wildman–Crippen MR) is 101 cm³/mol. The number of carbonyl (C=O) groups is 1. The number of aromatic nitrogens is 2. The normalized spacial score (nSPS) is 10.4. The van der Waals surface area contributed by atoms with E-state index in [0.29, 0.717) is 14.4 Å². The van der Waals surface area contributed by atoms with Gasteiger partial charge in [0, 0.05) is 4.90 Å². The highest BCUT2D eigenvalue weighted by molar-refractivity contribution is 8.01. The minimum absolute atomic E-state index is 0.111. The lowest BCUT2D eigenvalue weighted by Gasteiger charge is -2.16. The summed E-state index contributed by atoms with van der Waals surface area (Å²) < 4.78 is 8.52. The number of nitrogens with two attached hydrogens (primary N) is 1. The van der Waals surface area contributed by atoms with E-state index in [9.17, 15) is 25.0 Å². The first-order chi connectivity index (χ1) is 13.9.